The molecule has 132 valence electrons. The lowest BCUT2D eigenvalue weighted by Gasteiger charge is -2.20. The summed E-state index contributed by atoms with van der Waals surface area (Å²) in [4.78, 5) is 0.0777. The fourth-order valence-corrected chi connectivity index (χ4v) is 5.90. The van der Waals surface area contributed by atoms with Crippen molar-refractivity contribution in [3.05, 3.63) is 47.8 Å². The molecular formula is C16H22N2O4S2. The highest BCUT2D eigenvalue weighted by atomic mass is 32.2. The van der Waals surface area contributed by atoms with Gasteiger partial charge in [0.05, 0.1) is 10.6 Å². The van der Waals surface area contributed by atoms with Gasteiger partial charge in [-0.1, -0.05) is 18.2 Å². The van der Waals surface area contributed by atoms with Crippen LogP contribution in [0.5, 0.6) is 0 Å². The van der Waals surface area contributed by atoms with Crippen molar-refractivity contribution in [3.8, 4) is 0 Å². The van der Waals surface area contributed by atoms with Crippen molar-refractivity contribution in [2.24, 2.45) is 0 Å². The predicted octanol–water partition coefficient (Wildman–Crippen LogP) is 2.42. The topological polar surface area (TPSA) is 85.2 Å². The maximum atomic E-state index is 12.8. The minimum Gasteiger partial charge on any atom is -0.242 e. The van der Waals surface area contributed by atoms with E-state index in [-0.39, 0.29) is 15.5 Å². The van der Waals surface area contributed by atoms with Crippen LogP contribution in [0.2, 0.25) is 0 Å². The lowest BCUT2D eigenvalue weighted by molar-refractivity contribution is 0.491. The Morgan fingerprint density at radius 1 is 0.958 bits per heavy atom. The molecule has 2 rings (SSSR count). The van der Waals surface area contributed by atoms with Crippen LogP contribution in [-0.4, -0.2) is 26.3 Å². The Bertz CT molecular complexity index is 951. The summed E-state index contributed by atoms with van der Waals surface area (Å²) < 4.78 is 54.5. The number of benzene rings is 1. The van der Waals surface area contributed by atoms with E-state index in [2.05, 4.69) is 4.72 Å². The molecule has 1 aromatic heterocycles. The van der Waals surface area contributed by atoms with E-state index >= 15 is 0 Å². The van der Waals surface area contributed by atoms with Crippen LogP contribution in [0.3, 0.4) is 0 Å². The molecule has 0 fully saturated rings. The van der Waals surface area contributed by atoms with E-state index in [1.54, 1.807) is 45.9 Å². The number of aryl methyl sites for hydroxylation is 1. The standard InChI is InChI=1S/C16H22N2O4S2/c1-12-11-15(23(19,20)17-16(3,4)5)13(2)18(12)24(21,22)14-9-7-6-8-10-14/h6-11,17H,1-5H3. The SMILES string of the molecule is Cc1cc(S(=O)(=O)NC(C)(C)C)c(C)n1S(=O)(=O)c1ccccc1. The Morgan fingerprint density at radius 2 is 1.50 bits per heavy atom. The second-order valence-electron chi connectivity index (χ2n) is 6.67. The fourth-order valence-electron chi connectivity index (χ4n) is 2.52. The first-order valence-corrected chi connectivity index (χ1v) is 10.3. The highest BCUT2D eigenvalue weighted by molar-refractivity contribution is 7.90. The number of sulfonamides is 1. The molecule has 8 heteroatoms. The van der Waals surface area contributed by atoms with Gasteiger partial charge in [0, 0.05) is 11.2 Å². The number of rotatable bonds is 4. The van der Waals surface area contributed by atoms with E-state index in [1.807, 2.05) is 0 Å². The van der Waals surface area contributed by atoms with Gasteiger partial charge < -0.3 is 0 Å². The van der Waals surface area contributed by atoms with E-state index in [9.17, 15) is 16.8 Å². The highest BCUT2D eigenvalue weighted by Gasteiger charge is 2.30. The van der Waals surface area contributed by atoms with Crippen molar-refractivity contribution in [3.63, 3.8) is 0 Å². The summed E-state index contributed by atoms with van der Waals surface area (Å²) in [5, 5.41) is 0. The number of hydrogen-bond acceptors (Lipinski definition) is 4. The summed E-state index contributed by atoms with van der Waals surface area (Å²) in [6.45, 7) is 8.24. The quantitative estimate of drug-likeness (QED) is 0.896. The summed E-state index contributed by atoms with van der Waals surface area (Å²) in [6, 6.07) is 9.31. The largest absolute Gasteiger partial charge is 0.268 e. The van der Waals surface area contributed by atoms with Gasteiger partial charge >= 0.3 is 0 Å². The van der Waals surface area contributed by atoms with Crippen molar-refractivity contribution in [1.82, 2.24) is 8.69 Å². The van der Waals surface area contributed by atoms with Crippen LogP contribution in [0, 0.1) is 13.8 Å². The molecule has 0 bridgehead atoms. The van der Waals surface area contributed by atoms with Gasteiger partial charge in [-0.3, -0.25) is 0 Å². The Balaban J connectivity index is 2.64. The minimum absolute atomic E-state index is 0.0329. The van der Waals surface area contributed by atoms with Crippen molar-refractivity contribution < 1.29 is 16.8 Å². The molecule has 0 saturated carbocycles. The van der Waals surface area contributed by atoms with Gasteiger partial charge in [-0.2, -0.15) is 0 Å². The monoisotopic (exact) mass is 370 g/mol. The van der Waals surface area contributed by atoms with E-state index in [4.69, 9.17) is 0 Å². The maximum Gasteiger partial charge on any atom is 0.268 e. The average molecular weight is 370 g/mol. The highest BCUT2D eigenvalue weighted by Crippen LogP contribution is 2.26. The fraction of sp³-hybridized carbons (Fsp3) is 0.375. The number of hydrogen-bond donors (Lipinski definition) is 1. The molecule has 0 radical (unpaired) electrons. The Labute approximate surface area is 143 Å². The molecule has 1 N–H and O–H groups in total. The van der Waals surface area contributed by atoms with Crippen molar-refractivity contribution in [2.45, 2.75) is 49.9 Å². The minimum atomic E-state index is -3.86. The Morgan fingerprint density at radius 3 is 2.00 bits per heavy atom. The molecule has 0 atom stereocenters. The van der Waals surface area contributed by atoms with Crippen LogP contribution in [0.4, 0.5) is 0 Å². The molecule has 1 aromatic carbocycles. The van der Waals surface area contributed by atoms with E-state index < -0.39 is 25.6 Å². The third kappa shape index (κ3) is 3.55. The van der Waals surface area contributed by atoms with Gasteiger partial charge in [0.25, 0.3) is 10.0 Å². The summed E-state index contributed by atoms with van der Waals surface area (Å²) in [6.07, 6.45) is 0. The molecule has 0 amide bonds. The summed E-state index contributed by atoms with van der Waals surface area (Å²) in [5.41, 5.74) is -0.168. The predicted molar refractivity (Wildman–Crippen MR) is 93.0 cm³/mol. The maximum absolute atomic E-state index is 12.8. The number of nitrogens with one attached hydrogen (secondary N) is 1. The molecule has 6 nitrogen and oxygen atoms in total. The number of aromatic nitrogens is 1. The number of nitrogens with zero attached hydrogens (tertiary/aromatic N) is 1. The zero-order valence-electron chi connectivity index (χ0n) is 14.4. The molecule has 24 heavy (non-hydrogen) atoms. The zero-order valence-corrected chi connectivity index (χ0v) is 16.0. The molecule has 0 aliphatic carbocycles. The molecule has 0 unspecified atom stereocenters. The summed E-state index contributed by atoms with van der Waals surface area (Å²) in [5.74, 6) is 0. The van der Waals surface area contributed by atoms with Gasteiger partial charge in [-0.15, -0.1) is 0 Å². The van der Waals surface area contributed by atoms with Gasteiger partial charge in [0.15, 0.2) is 0 Å². The molecule has 0 saturated heterocycles. The first-order valence-electron chi connectivity index (χ1n) is 7.40. The molecule has 2 aromatic rings. The van der Waals surface area contributed by atoms with Gasteiger partial charge in [0.2, 0.25) is 10.0 Å². The van der Waals surface area contributed by atoms with Crippen LogP contribution in [-0.2, 0) is 20.0 Å². The molecular weight excluding hydrogens is 348 g/mol. The first kappa shape index (κ1) is 18.7. The molecule has 1 heterocycles. The Hall–Kier alpha value is -1.64. The molecule has 0 aliphatic heterocycles. The van der Waals surface area contributed by atoms with Crippen molar-refractivity contribution >= 4 is 20.0 Å². The van der Waals surface area contributed by atoms with Gasteiger partial charge in [-0.05, 0) is 52.8 Å². The third-order valence-electron chi connectivity index (χ3n) is 3.33. The average Bonchev–Trinajstić information content (AvgIpc) is 2.73. The lowest BCUT2D eigenvalue weighted by atomic mass is 10.1. The van der Waals surface area contributed by atoms with Crippen molar-refractivity contribution in [1.29, 1.82) is 0 Å². The summed E-state index contributed by atoms with van der Waals surface area (Å²) in [7, 11) is -7.69. The second kappa shape index (κ2) is 6.02. The van der Waals surface area contributed by atoms with Gasteiger partial charge in [-0.25, -0.2) is 25.5 Å². The normalized spacial score (nSPS) is 13.2. The van der Waals surface area contributed by atoms with E-state index in [0.29, 0.717) is 5.69 Å². The van der Waals surface area contributed by atoms with Crippen LogP contribution in [0.1, 0.15) is 32.2 Å². The molecule has 0 spiro atoms. The van der Waals surface area contributed by atoms with Crippen molar-refractivity contribution in [2.75, 3.05) is 0 Å². The summed E-state index contributed by atoms with van der Waals surface area (Å²) >= 11 is 0. The van der Waals surface area contributed by atoms with Crippen LogP contribution in [0.15, 0.2) is 46.2 Å². The smallest absolute Gasteiger partial charge is 0.242 e. The zero-order chi connectivity index (χ0) is 18.3. The van der Waals surface area contributed by atoms with E-state index in [0.717, 1.165) is 3.97 Å². The Kier molecular flexibility index (Phi) is 4.69. The molecule has 0 aliphatic rings. The van der Waals surface area contributed by atoms with Crippen LogP contribution in [0.25, 0.3) is 0 Å². The van der Waals surface area contributed by atoms with Crippen LogP contribution < -0.4 is 4.72 Å². The first-order chi connectivity index (χ1) is 10.9. The second-order valence-corrected chi connectivity index (χ2v) is 10.1. The third-order valence-corrected chi connectivity index (χ3v) is 7.12. The van der Waals surface area contributed by atoms with E-state index in [1.165, 1.54) is 25.1 Å². The van der Waals surface area contributed by atoms with Crippen LogP contribution >= 0.6 is 0 Å². The lowest BCUT2D eigenvalue weighted by Crippen LogP contribution is -2.40. The van der Waals surface area contributed by atoms with Gasteiger partial charge in [0.1, 0.15) is 4.90 Å².